The van der Waals surface area contributed by atoms with Gasteiger partial charge in [-0.15, -0.1) is 0 Å². The number of nitrogens with zero attached hydrogens (tertiary/aromatic N) is 1. The maximum atomic E-state index is 13.2. The molecule has 0 N–H and O–H groups in total. The number of thioether (sulfide) groups is 1. The van der Waals surface area contributed by atoms with E-state index in [0.29, 0.717) is 5.78 Å². The van der Waals surface area contributed by atoms with Crippen LogP contribution >= 0.6 is 11.8 Å². The maximum Gasteiger partial charge on any atom is 0.164 e. The van der Waals surface area contributed by atoms with Crippen molar-refractivity contribution >= 4 is 17.5 Å². The first-order chi connectivity index (χ1) is 11.1. The van der Waals surface area contributed by atoms with Crippen molar-refractivity contribution in [3.05, 3.63) is 22.2 Å². The summed E-state index contributed by atoms with van der Waals surface area (Å²) in [6.07, 6.45) is 12.1. The van der Waals surface area contributed by atoms with Gasteiger partial charge in [0, 0.05) is 23.7 Å². The van der Waals surface area contributed by atoms with E-state index in [4.69, 9.17) is 0 Å². The average Bonchev–Trinajstić information content (AvgIpc) is 2.84. The number of ketones is 1. The molecule has 3 heteroatoms. The monoisotopic (exact) mass is 331 g/mol. The fourth-order valence-corrected chi connectivity index (χ4v) is 6.80. The third-order valence-electron chi connectivity index (χ3n) is 6.59. The summed E-state index contributed by atoms with van der Waals surface area (Å²) in [6.45, 7) is 5.44. The van der Waals surface area contributed by atoms with E-state index < -0.39 is 0 Å². The van der Waals surface area contributed by atoms with Gasteiger partial charge in [0.25, 0.3) is 0 Å². The zero-order valence-electron chi connectivity index (χ0n) is 14.5. The van der Waals surface area contributed by atoms with E-state index in [0.717, 1.165) is 24.3 Å². The van der Waals surface area contributed by atoms with Crippen molar-refractivity contribution in [1.82, 2.24) is 4.90 Å². The van der Waals surface area contributed by atoms with E-state index in [1.54, 1.807) is 11.8 Å². The Morgan fingerprint density at radius 2 is 1.87 bits per heavy atom. The van der Waals surface area contributed by atoms with Crippen molar-refractivity contribution in [2.45, 2.75) is 65.2 Å². The Kier molecular flexibility index (Phi) is 4.11. The van der Waals surface area contributed by atoms with Gasteiger partial charge in [0.15, 0.2) is 5.78 Å². The fourth-order valence-electron chi connectivity index (χ4n) is 5.84. The molecule has 126 valence electrons. The zero-order valence-corrected chi connectivity index (χ0v) is 15.3. The van der Waals surface area contributed by atoms with E-state index in [1.165, 1.54) is 62.1 Å². The first-order valence-electron chi connectivity index (χ1n) is 9.47. The second kappa shape index (κ2) is 5.98. The lowest BCUT2D eigenvalue weighted by Crippen LogP contribution is -2.49. The highest BCUT2D eigenvalue weighted by molar-refractivity contribution is 8.06. The second-order valence-corrected chi connectivity index (χ2v) is 9.32. The van der Waals surface area contributed by atoms with Crippen LogP contribution in [0.1, 0.15) is 65.2 Å². The molecule has 0 atom stereocenters. The molecular formula is C20H29NOS. The molecule has 4 bridgehead atoms. The Morgan fingerprint density at radius 1 is 1.26 bits per heavy atom. The van der Waals surface area contributed by atoms with Crippen LogP contribution in [-0.2, 0) is 4.79 Å². The molecule has 0 aromatic carbocycles. The third kappa shape index (κ3) is 2.79. The molecule has 23 heavy (non-hydrogen) atoms. The van der Waals surface area contributed by atoms with Crippen molar-refractivity contribution in [3.8, 4) is 0 Å². The van der Waals surface area contributed by atoms with Crippen LogP contribution in [-0.4, -0.2) is 17.2 Å². The predicted molar refractivity (Wildman–Crippen MR) is 96.7 cm³/mol. The van der Waals surface area contributed by atoms with Crippen molar-refractivity contribution < 1.29 is 4.79 Å². The van der Waals surface area contributed by atoms with E-state index >= 15 is 0 Å². The van der Waals surface area contributed by atoms with Gasteiger partial charge < -0.3 is 4.90 Å². The summed E-state index contributed by atoms with van der Waals surface area (Å²) in [5.74, 6) is 2.98. The Morgan fingerprint density at radius 3 is 2.43 bits per heavy atom. The lowest BCUT2D eigenvalue weighted by molar-refractivity contribution is -0.138. The molecule has 0 aromatic rings. The third-order valence-corrected chi connectivity index (χ3v) is 7.63. The molecule has 0 radical (unpaired) electrons. The summed E-state index contributed by atoms with van der Waals surface area (Å²) in [7, 11) is 0. The van der Waals surface area contributed by atoms with Gasteiger partial charge in [0.1, 0.15) is 0 Å². The number of hydrogen-bond donors (Lipinski definition) is 0. The minimum Gasteiger partial charge on any atom is -0.339 e. The number of allylic oxidation sites excluding steroid dienone is 2. The molecule has 5 aliphatic rings. The minimum atomic E-state index is 0.00916. The van der Waals surface area contributed by atoms with E-state index in [-0.39, 0.29) is 5.41 Å². The Balaban J connectivity index is 1.53. The van der Waals surface area contributed by atoms with E-state index in [1.807, 2.05) is 6.08 Å². The van der Waals surface area contributed by atoms with Crippen LogP contribution in [0, 0.1) is 23.2 Å². The molecule has 1 aliphatic heterocycles. The summed E-state index contributed by atoms with van der Waals surface area (Å²) in [4.78, 5) is 15.6. The number of unbranched alkanes of at least 4 members (excludes halogenated alkanes) is 1. The van der Waals surface area contributed by atoms with Gasteiger partial charge >= 0.3 is 0 Å². The van der Waals surface area contributed by atoms with Crippen LogP contribution in [0.5, 0.6) is 0 Å². The Bertz CT molecular complexity index is 527. The van der Waals surface area contributed by atoms with Gasteiger partial charge in [-0.2, -0.15) is 0 Å². The lowest BCUT2D eigenvalue weighted by Gasteiger charge is -2.55. The summed E-state index contributed by atoms with van der Waals surface area (Å²) in [6, 6.07) is 0. The van der Waals surface area contributed by atoms with E-state index in [9.17, 15) is 4.79 Å². The lowest BCUT2D eigenvalue weighted by atomic mass is 9.48. The van der Waals surface area contributed by atoms with Crippen molar-refractivity contribution in [3.63, 3.8) is 0 Å². The second-order valence-electron chi connectivity index (χ2n) is 8.43. The van der Waals surface area contributed by atoms with Crippen LogP contribution in [0.3, 0.4) is 0 Å². The summed E-state index contributed by atoms with van der Waals surface area (Å²) in [5, 5.41) is 3.38. The first-order valence-corrected chi connectivity index (χ1v) is 10.3. The molecule has 0 spiro atoms. The molecule has 4 aliphatic carbocycles. The molecule has 4 fully saturated rings. The van der Waals surface area contributed by atoms with Crippen LogP contribution in [0.2, 0.25) is 0 Å². The number of carbonyl (C=O) groups is 1. The summed E-state index contributed by atoms with van der Waals surface area (Å²) in [5.41, 5.74) is 1.31. The van der Waals surface area contributed by atoms with Crippen LogP contribution in [0.25, 0.3) is 0 Å². The SMILES string of the molecule is CCCCN1C(C)=CS/C1=C\C(=O)C12CC3CC(CC(C3)C1)C2. The van der Waals surface area contributed by atoms with Crippen molar-refractivity contribution in [2.75, 3.05) is 6.54 Å². The molecule has 5 rings (SSSR count). The summed E-state index contributed by atoms with van der Waals surface area (Å²) >= 11 is 1.75. The fraction of sp³-hybridized carbons (Fsp3) is 0.750. The standard InChI is InChI=1S/C20H29NOS/c1-3-4-5-21-14(2)13-23-19(21)9-18(22)20-10-15-6-16(11-20)8-17(7-15)12-20/h9,13,15-17H,3-8,10-12H2,1-2H3/b19-9-. The molecule has 4 saturated carbocycles. The van der Waals surface area contributed by atoms with Crippen LogP contribution < -0.4 is 0 Å². The van der Waals surface area contributed by atoms with Gasteiger partial charge in [-0.1, -0.05) is 25.1 Å². The highest BCUT2D eigenvalue weighted by Gasteiger charge is 2.53. The number of rotatable bonds is 5. The van der Waals surface area contributed by atoms with Crippen LogP contribution in [0.4, 0.5) is 0 Å². The minimum absolute atomic E-state index is 0.00916. The Hall–Kier alpha value is -0.700. The highest BCUT2D eigenvalue weighted by Crippen LogP contribution is 2.60. The molecule has 2 nitrogen and oxygen atoms in total. The smallest absolute Gasteiger partial charge is 0.164 e. The quantitative estimate of drug-likeness (QED) is 0.636. The van der Waals surface area contributed by atoms with Crippen molar-refractivity contribution in [2.24, 2.45) is 23.2 Å². The van der Waals surface area contributed by atoms with Gasteiger partial charge in [-0.05, 0) is 75.0 Å². The van der Waals surface area contributed by atoms with Gasteiger partial charge in [0.05, 0.1) is 5.03 Å². The van der Waals surface area contributed by atoms with Gasteiger partial charge in [-0.25, -0.2) is 0 Å². The van der Waals surface area contributed by atoms with Gasteiger partial charge in [0.2, 0.25) is 0 Å². The molecular weight excluding hydrogens is 302 g/mol. The predicted octanol–water partition coefficient (Wildman–Crippen LogP) is 5.32. The molecule has 1 heterocycles. The number of hydrogen-bond acceptors (Lipinski definition) is 3. The Labute approximate surface area is 144 Å². The first kappa shape index (κ1) is 15.8. The summed E-state index contributed by atoms with van der Waals surface area (Å²) < 4.78 is 0. The van der Waals surface area contributed by atoms with Crippen LogP contribution in [0.15, 0.2) is 22.2 Å². The zero-order chi connectivity index (χ0) is 16.0. The topological polar surface area (TPSA) is 20.3 Å². The highest BCUT2D eigenvalue weighted by atomic mass is 32.2. The maximum absolute atomic E-state index is 13.2. The molecule has 0 saturated heterocycles. The van der Waals surface area contributed by atoms with Gasteiger partial charge in [-0.3, -0.25) is 4.79 Å². The molecule has 0 aromatic heterocycles. The van der Waals surface area contributed by atoms with Crippen molar-refractivity contribution in [1.29, 1.82) is 0 Å². The van der Waals surface area contributed by atoms with E-state index in [2.05, 4.69) is 24.2 Å². The largest absolute Gasteiger partial charge is 0.339 e. The number of carbonyl (C=O) groups excluding carboxylic acids is 1. The molecule has 0 unspecified atom stereocenters. The molecule has 0 amide bonds. The average molecular weight is 332 g/mol. The normalized spacial score (nSPS) is 40.1.